The molecular formula is C13H13BrF3NO3. The summed E-state index contributed by atoms with van der Waals surface area (Å²) in [6.07, 6.45) is -4.56. The summed E-state index contributed by atoms with van der Waals surface area (Å²) in [6, 6.07) is 1.97. The number of rotatable bonds is 4. The zero-order chi connectivity index (χ0) is 16.4. The predicted molar refractivity (Wildman–Crippen MR) is 72.9 cm³/mol. The Hall–Kier alpha value is -1.57. The molecule has 4 nitrogen and oxygen atoms in total. The molecule has 0 saturated heterocycles. The molecule has 8 heteroatoms. The van der Waals surface area contributed by atoms with E-state index in [1.54, 1.807) is 0 Å². The van der Waals surface area contributed by atoms with Crippen LogP contribution in [0, 0.1) is 5.92 Å². The Labute approximate surface area is 127 Å². The van der Waals surface area contributed by atoms with Gasteiger partial charge in [-0.2, -0.15) is 13.2 Å². The van der Waals surface area contributed by atoms with Crippen LogP contribution in [0.15, 0.2) is 22.7 Å². The highest BCUT2D eigenvalue weighted by molar-refractivity contribution is 9.10. The van der Waals surface area contributed by atoms with E-state index in [4.69, 9.17) is 5.11 Å². The van der Waals surface area contributed by atoms with Crippen molar-refractivity contribution in [3.63, 3.8) is 0 Å². The van der Waals surface area contributed by atoms with Gasteiger partial charge in [0.15, 0.2) is 0 Å². The Bertz CT molecular complexity index is 560. The average molecular weight is 368 g/mol. The number of benzene rings is 1. The second-order valence-corrected chi connectivity index (χ2v) is 5.44. The van der Waals surface area contributed by atoms with E-state index in [1.165, 1.54) is 13.8 Å². The number of nitrogens with one attached hydrogen (secondary N) is 1. The van der Waals surface area contributed by atoms with E-state index in [2.05, 4.69) is 21.2 Å². The van der Waals surface area contributed by atoms with Crippen LogP contribution in [0.4, 0.5) is 13.2 Å². The Kier molecular flexibility index (Phi) is 5.38. The lowest BCUT2D eigenvalue weighted by molar-refractivity contribution is -0.141. The van der Waals surface area contributed by atoms with Crippen molar-refractivity contribution in [3.8, 4) is 0 Å². The first-order valence-electron chi connectivity index (χ1n) is 5.94. The minimum Gasteiger partial charge on any atom is -0.481 e. The van der Waals surface area contributed by atoms with Crippen LogP contribution in [0.25, 0.3) is 0 Å². The molecule has 0 aliphatic rings. The molecule has 0 spiro atoms. The minimum atomic E-state index is -4.56. The molecule has 0 bridgehead atoms. The van der Waals surface area contributed by atoms with Crippen LogP contribution in [-0.2, 0) is 11.0 Å². The number of alkyl halides is 3. The van der Waals surface area contributed by atoms with Crippen LogP contribution < -0.4 is 5.32 Å². The van der Waals surface area contributed by atoms with Gasteiger partial charge in [0.2, 0.25) is 0 Å². The van der Waals surface area contributed by atoms with Crippen molar-refractivity contribution in [1.82, 2.24) is 5.32 Å². The van der Waals surface area contributed by atoms with Gasteiger partial charge < -0.3 is 10.4 Å². The number of halogens is 4. The van der Waals surface area contributed by atoms with Gasteiger partial charge in [-0.25, -0.2) is 0 Å². The standard InChI is InChI=1S/C13H13BrF3NO3/c1-6(12(20)21)7(2)18-11(19)9-5-8(13(15,16)17)3-4-10(9)14/h3-7H,1-2H3,(H,18,19)(H,20,21). The van der Waals surface area contributed by atoms with Crippen molar-refractivity contribution < 1.29 is 27.9 Å². The minimum absolute atomic E-state index is 0.197. The number of carboxylic acid groups (broad SMARTS) is 1. The molecule has 0 aliphatic carbocycles. The molecule has 1 amide bonds. The molecule has 0 saturated carbocycles. The molecule has 21 heavy (non-hydrogen) atoms. The Morgan fingerprint density at radius 1 is 1.29 bits per heavy atom. The van der Waals surface area contributed by atoms with Gasteiger partial charge >= 0.3 is 12.1 Å². The van der Waals surface area contributed by atoms with E-state index in [1.807, 2.05) is 0 Å². The summed E-state index contributed by atoms with van der Waals surface area (Å²) in [5, 5.41) is 11.2. The Morgan fingerprint density at radius 3 is 2.33 bits per heavy atom. The fraction of sp³-hybridized carbons (Fsp3) is 0.385. The van der Waals surface area contributed by atoms with E-state index in [0.29, 0.717) is 0 Å². The third kappa shape index (κ3) is 4.45. The maximum atomic E-state index is 12.6. The number of hydrogen-bond donors (Lipinski definition) is 2. The monoisotopic (exact) mass is 367 g/mol. The van der Waals surface area contributed by atoms with Gasteiger partial charge in [0.05, 0.1) is 17.0 Å². The second-order valence-electron chi connectivity index (χ2n) is 4.58. The second kappa shape index (κ2) is 6.46. The summed E-state index contributed by atoms with van der Waals surface area (Å²) < 4.78 is 38.1. The summed E-state index contributed by atoms with van der Waals surface area (Å²) in [4.78, 5) is 22.8. The summed E-state index contributed by atoms with van der Waals surface area (Å²) in [7, 11) is 0. The van der Waals surface area contributed by atoms with Crippen molar-refractivity contribution in [2.75, 3.05) is 0 Å². The fourth-order valence-corrected chi connectivity index (χ4v) is 1.93. The summed E-state index contributed by atoms with van der Waals surface area (Å²) in [5.74, 6) is -2.74. The van der Waals surface area contributed by atoms with Crippen molar-refractivity contribution in [1.29, 1.82) is 0 Å². The van der Waals surface area contributed by atoms with E-state index in [-0.39, 0.29) is 10.0 Å². The third-order valence-electron chi connectivity index (χ3n) is 3.04. The van der Waals surface area contributed by atoms with Crippen LogP contribution in [-0.4, -0.2) is 23.0 Å². The van der Waals surface area contributed by atoms with Gasteiger partial charge in [-0.1, -0.05) is 0 Å². The number of aliphatic carboxylic acids is 1. The van der Waals surface area contributed by atoms with E-state index in [0.717, 1.165) is 18.2 Å². The van der Waals surface area contributed by atoms with Gasteiger partial charge in [0.1, 0.15) is 0 Å². The zero-order valence-electron chi connectivity index (χ0n) is 11.2. The quantitative estimate of drug-likeness (QED) is 0.857. The molecule has 0 aliphatic heterocycles. The molecule has 0 radical (unpaired) electrons. The van der Waals surface area contributed by atoms with Crippen LogP contribution in [0.1, 0.15) is 29.8 Å². The molecule has 0 aromatic heterocycles. The first kappa shape index (κ1) is 17.5. The van der Waals surface area contributed by atoms with E-state index >= 15 is 0 Å². The molecule has 116 valence electrons. The van der Waals surface area contributed by atoms with E-state index in [9.17, 15) is 22.8 Å². The molecule has 1 aromatic rings. The van der Waals surface area contributed by atoms with Gasteiger partial charge in [0.25, 0.3) is 5.91 Å². The fourth-order valence-electron chi connectivity index (χ4n) is 1.50. The Balaban J connectivity index is 3.00. The van der Waals surface area contributed by atoms with Gasteiger partial charge in [-0.3, -0.25) is 9.59 Å². The molecule has 2 unspecified atom stereocenters. The van der Waals surface area contributed by atoms with Crippen LogP contribution in [0.3, 0.4) is 0 Å². The molecule has 2 N–H and O–H groups in total. The maximum Gasteiger partial charge on any atom is 0.416 e. The highest BCUT2D eigenvalue weighted by Gasteiger charge is 2.32. The molecular weight excluding hydrogens is 355 g/mol. The average Bonchev–Trinajstić information content (AvgIpc) is 2.36. The van der Waals surface area contributed by atoms with Gasteiger partial charge in [-0.05, 0) is 48.0 Å². The number of amides is 1. The van der Waals surface area contributed by atoms with Crippen molar-refractivity contribution in [2.24, 2.45) is 5.92 Å². The molecule has 0 fully saturated rings. The molecule has 0 heterocycles. The van der Waals surface area contributed by atoms with Crippen LogP contribution in [0.5, 0.6) is 0 Å². The topological polar surface area (TPSA) is 66.4 Å². The lowest BCUT2D eigenvalue weighted by atomic mass is 10.0. The lowest BCUT2D eigenvalue weighted by Crippen LogP contribution is -2.40. The number of carboxylic acids is 1. The molecule has 1 rings (SSSR count). The number of carbonyl (C=O) groups excluding carboxylic acids is 1. The first-order chi connectivity index (χ1) is 9.54. The first-order valence-corrected chi connectivity index (χ1v) is 6.73. The maximum absolute atomic E-state index is 12.6. The van der Waals surface area contributed by atoms with Gasteiger partial charge in [0, 0.05) is 10.5 Å². The SMILES string of the molecule is CC(NC(=O)c1cc(C(F)(F)F)ccc1Br)C(C)C(=O)O. The van der Waals surface area contributed by atoms with E-state index < -0.39 is 35.6 Å². The largest absolute Gasteiger partial charge is 0.481 e. The summed E-state index contributed by atoms with van der Waals surface area (Å²) >= 11 is 3.01. The van der Waals surface area contributed by atoms with Crippen molar-refractivity contribution >= 4 is 27.8 Å². The van der Waals surface area contributed by atoms with Crippen LogP contribution >= 0.6 is 15.9 Å². The third-order valence-corrected chi connectivity index (χ3v) is 3.73. The highest BCUT2D eigenvalue weighted by Crippen LogP contribution is 2.31. The predicted octanol–water partition coefficient (Wildman–Crippen LogP) is 3.31. The number of carbonyl (C=O) groups is 2. The highest BCUT2D eigenvalue weighted by atomic mass is 79.9. The van der Waals surface area contributed by atoms with Crippen LogP contribution in [0.2, 0.25) is 0 Å². The van der Waals surface area contributed by atoms with Crippen molar-refractivity contribution in [2.45, 2.75) is 26.1 Å². The zero-order valence-corrected chi connectivity index (χ0v) is 12.7. The molecule has 1 aromatic carbocycles. The van der Waals surface area contributed by atoms with Crippen molar-refractivity contribution in [3.05, 3.63) is 33.8 Å². The normalized spacial score (nSPS) is 14.4. The number of hydrogen-bond acceptors (Lipinski definition) is 2. The molecule has 2 atom stereocenters. The lowest BCUT2D eigenvalue weighted by Gasteiger charge is -2.18. The van der Waals surface area contributed by atoms with Gasteiger partial charge in [-0.15, -0.1) is 0 Å². The summed E-state index contributed by atoms with van der Waals surface area (Å²) in [6.45, 7) is 2.87. The smallest absolute Gasteiger partial charge is 0.416 e. The summed E-state index contributed by atoms with van der Waals surface area (Å²) in [5.41, 5.74) is -1.15. The Morgan fingerprint density at radius 2 is 1.86 bits per heavy atom.